The number of aliphatic carboxylic acids is 1. The highest BCUT2D eigenvalue weighted by Gasteiger charge is 2.61. The Bertz CT molecular complexity index is 2640. The molecule has 4 bridgehead atoms. The fourth-order valence-electron chi connectivity index (χ4n) is 9.43. The summed E-state index contributed by atoms with van der Waals surface area (Å²) in [6.45, 7) is 0.610. The Morgan fingerprint density at radius 2 is 1.87 bits per heavy atom. The van der Waals surface area contributed by atoms with Crippen LogP contribution in [-0.2, 0) is 25.6 Å². The number of methoxy groups -OCH3 is 1. The van der Waals surface area contributed by atoms with Crippen molar-refractivity contribution in [1.82, 2.24) is 14.9 Å². The Kier molecular flexibility index (Phi) is 10.2. The van der Waals surface area contributed by atoms with Gasteiger partial charge in [-0.25, -0.2) is 0 Å². The maximum atomic E-state index is 12.7. The lowest BCUT2D eigenvalue weighted by atomic mass is 9.76. The molecule has 0 amide bonds. The van der Waals surface area contributed by atoms with Gasteiger partial charge in [0.2, 0.25) is 12.0 Å². The first-order valence-corrected chi connectivity index (χ1v) is 20.5. The Balaban J connectivity index is 1.10. The molecule has 17 nitrogen and oxygen atoms in total. The van der Waals surface area contributed by atoms with E-state index in [1.807, 2.05) is 71.7 Å². The van der Waals surface area contributed by atoms with E-state index in [1.165, 1.54) is 12.3 Å². The van der Waals surface area contributed by atoms with E-state index in [0.717, 1.165) is 33.2 Å². The maximum Gasteiger partial charge on any atom is 0.317 e. The van der Waals surface area contributed by atoms with E-state index in [2.05, 4.69) is 22.1 Å². The summed E-state index contributed by atoms with van der Waals surface area (Å²) in [7, 11) is 1.58. The van der Waals surface area contributed by atoms with Crippen LogP contribution in [0.4, 0.5) is 0 Å². The molecular weight excluding hydrogens is 817 g/mol. The number of hydrogen-bond acceptors (Lipinski definition) is 14. The zero-order valence-electron chi connectivity index (χ0n) is 33.7. The number of esters is 1. The number of benzene rings is 3. The first-order valence-electron chi connectivity index (χ1n) is 20.5. The molecule has 5 aliphatic heterocycles. The first kappa shape index (κ1) is 40.4. The number of aromatic amines is 1. The van der Waals surface area contributed by atoms with Crippen molar-refractivity contribution in [3.8, 4) is 40.6 Å². The molecule has 7 heterocycles. The summed E-state index contributed by atoms with van der Waals surface area (Å²) in [6.07, 6.45) is -3.51. The summed E-state index contributed by atoms with van der Waals surface area (Å²) in [5.41, 5.74) is 8.37. The summed E-state index contributed by atoms with van der Waals surface area (Å²) in [5.74, 6) is 5.47. The number of carboxylic acid groups (broad SMARTS) is 1. The van der Waals surface area contributed by atoms with Gasteiger partial charge in [-0.3, -0.25) is 9.59 Å². The van der Waals surface area contributed by atoms with Crippen molar-refractivity contribution in [2.24, 2.45) is 5.73 Å². The smallest absolute Gasteiger partial charge is 0.317 e. The number of fused-ring (bicyclic) bond motifs is 3. The number of carboxylic acids is 1. The summed E-state index contributed by atoms with van der Waals surface area (Å²) in [4.78, 5) is 27.3. The molecule has 0 saturated carbocycles. The molecule has 0 aliphatic carbocycles. The van der Waals surface area contributed by atoms with E-state index >= 15 is 0 Å². The molecule has 2 aromatic heterocycles. The molecule has 1 fully saturated rings. The lowest BCUT2D eigenvalue weighted by Crippen LogP contribution is -2.74. The molecule has 3 aromatic carbocycles. The molecule has 5 aliphatic rings. The van der Waals surface area contributed by atoms with Crippen LogP contribution in [0, 0.1) is 11.8 Å². The summed E-state index contributed by atoms with van der Waals surface area (Å²) in [5, 5.41) is 47.2. The zero-order chi connectivity index (χ0) is 43.6. The molecule has 5 aromatic rings. The number of carbonyl (C=O) groups is 2. The van der Waals surface area contributed by atoms with Crippen molar-refractivity contribution < 1.29 is 63.2 Å². The van der Waals surface area contributed by atoms with E-state index in [1.54, 1.807) is 19.2 Å². The topological polar surface area (TPSA) is 238 Å². The molecule has 0 radical (unpaired) electrons. The Hall–Kier alpha value is -6.68. The monoisotopic (exact) mass is 860 g/mol. The predicted molar refractivity (Wildman–Crippen MR) is 221 cm³/mol. The molecule has 8 N–H and O–H groups in total. The standard InChI is InChI=1S/C46H44N4O13/c1-57-30-11-10-28-35-38-27(23-7-3-2-4-8-23)9-5-6-16-58-40(30)39(28)62-41(35)34-25(21-50-20-24-12-14-48-29(24)22-50)17-26(18-31(34)60-38)59-45-37(55)36(54)42(56)46(63-45)13-15-49-44(47)43(46)61-33(53)19-32(51)52/h2-4,7-8,10-15,17-18,20,22,27,35-38,41-45,48-49,54-56H,6,16,19,21,47H2,1H3,(H,51,52)/t27-,35-,36-,37-,38-,41+,42+,43-,44+,45-,46+/m1/s1. The Morgan fingerprint density at radius 3 is 2.67 bits per heavy atom. The van der Waals surface area contributed by atoms with Gasteiger partial charge in [0.25, 0.3) is 0 Å². The van der Waals surface area contributed by atoms with Crippen LogP contribution in [-0.4, -0.2) is 104 Å². The number of aliphatic hydroxyl groups is 3. The van der Waals surface area contributed by atoms with E-state index < -0.39 is 79.0 Å². The Morgan fingerprint density at radius 1 is 1.03 bits per heavy atom. The molecular formula is C46H44N4O13. The summed E-state index contributed by atoms with van der Waals surface area (Å²) in [6, 6.07) is 19.1. The number of hydrogen-bond donors (Lipinski definition) is 7. The van der Waals surface area contributed by atoms with E-state index in [9.17, 15) is 30.0 Å². The second-order valence-electron chi connectivity index (χ2n) is 16.1. The van der Waals surface area contributed by atoms with Crippen LogP contribution in [0.25, 0.3) is 10.9 Å². The second kappa shape index (κ2) is 15.9. The summed E-state index contributed by atoms with van der Waals surface area (Å²) >= 11 is 0. The fourth-order valence-corrected chi connectivity index (χ4v) is 9.43. The van der Waals surface area contributed by atoms with Crippen LogP contribution in [0.1, 0.15) is 53.0 Å². The van der Waals surface area contributed by atoms with Crippen LogP contribution < -0.4 is 34.7 Å². The minimum Gasteiger partial charge on any atom is -0.493 e. The minimum absolute atomic E-state index is 0.146. The van der Waals surface area contributed by atoms with Gasteiger partial charge >= 0.3 is 11.9 Å². The van der Waals surface area contributed by atoms with Crippen LogP contribution in [0.3, 0.4) is 0 Å². The van der Waals surface area contributed by atoms with Crippen LogP contribution in [0.5, 0.6) is 28.7 Å². The van der Waals surface area contributed by atoms with Gasteiger partial charge in [-0.15, -0.1) is 0 Å². The van der Waals surface area contributed by atoms with Crippen molar-refractivity contribution in [2.45, 2.75) is 85.9 Å². The molecule has 0 unspecified atom stereocenters. The minimum atomic E-state index is -2.10. The van der Waals surface area contributed by atoms with Gasteiger partial charge < -0.3 is 74.2 Å². The fraction of sp³-hybridized carbons (Fsp3) is 0.348. The lowest BCUT2D eigenvalue weighted by molar-refractivity contribution is -0.321. The number of nitrogens with two attached hydrogens (primary N) is 1. The van der Waals surface area contributed by atoms with E-state index in [0.29, 0.717) is 42.6 Å². The van der Waals surface area contributed by atoms with Gasteiger partial charge in [0.1, 0.15) is 54.6 Å². The van der Waals surface area contributed by atoms with Crippen molar-refractivity contribution >= 4 is 22.8 Å². The van der Waals surface area contributed by atoms with E-state index in [-0.39, 0.29) is 11.7 Å². The van der Waals surface area contributed by atoms with Crippen molar-refractivity contribution in [3.63, 3.8) is 0 Å². The molecule has 326 valence electrons. The lowest BCUT2D eigenvalue weighted by Gasteiger charge is -2.52. The van der Waals surface area contributed by atoms with Gasteiger partial charge in [0.05, 0.1) is 31.1 Å². The number of nitrogens with zero attached hydrogens (tertiary/aromatic N) is 1. The van der Waals surface area contributed by atoms with Crippen LogP contribution in [0.15, 0.2) is 91.5 Å². The third-order valence-corrected chi connectivity index (χ3v) is 12.3. The average molecular weight is 861 g/mol. The molecule has 1 spiro atoms. The van der Waals surface area contributed by atoms with Crippen LogP contribution in [0.2, 0.25) is 0 Å². The van der Waals surface area contributed by atoms with E-state index in [4.69, 9.17) is 38.9 Å². The number of aromatic nitrogens is 2. The number of aliphatic hydroxyl groups excluding tert-OH is 3. The molecule has 10 rings (SSSR count). The molecule has 63 heavy (non-hydrogen) atoms. The molecule has 17 heteroatoms. The highest BCUT2D eigenvalue weighted by Crippen LogP contribution is 2.61. The molecule has 11 atom stereocenters. The third kappa shape index (κ3) is 6.96. The highest BCUT2D eigenvalue weighted by atomic mass is 16.7. The normalized spacial score (nSPS) is 30.0. The zero-order valence-corrected chi connectivity index (χ0v) is 33.7. The van der Waals surface area contributed by atoms with Gasteiger partial charge in [0, 0.05) is 54.1 Å². The van der Waals surface area contributed by atoms with Crippen molar-refractivity contribution in [1.29, 1.82) is 0 Å². The van der Waals surface area contributed by atoms with Gasteiger partial charge in [-0.1, -0.05) is 48.2 Å². The second-order valence-corrected chi connectivity index (χ2v) is 16.1. The number of carbonyl (C=O) groups excluding carboxylic acids is 1. The Labute approximate surface area is 359 Å². The number of rotatable bonds is 9. The van der Waals surface area contributed by atoms with Crippen molar-refractivity contribution in [2.75, 3.05) is 13.7 Å². The van der Waals surface area contributed by atoms with Gasteiger partial charge in [0.15, 0.2) is 23.2 Å². The average Bonchev–Trinajstić information content (AvgIpc) is 3.98. The predicted octanol–water partition coefficient (Wildman–Crippen LogP) is 2.92. The quantitative estimate of drug-likeness (QED) is 0.0641. The van der Waals surface area contributed by atoms with Crippen molar-refractivity contribution in [3.05, 3.63) is 114 Å². The van der Waals surface area contributed by atoms with Crippen LogP contribution >= 0.6 is 0 Å². The molecule has 1 saturated heterocycles. The van der Waals surface area contributed by atoms with Gasteiger partial charge in [-0.2, -0.15) is 0 Å². The first-order chi connectivity index (χ1) is 30.5. The SMILES string of the molecule is COc1ccc2c3c1OCCC#C[C@H](c1ccccc1)[C@H]1Oc4cc(O[C@@H]5O[C@@]6(C=CN[C@H](N)[C@H]6OC(=O)CC(=O)O)[C@@H](O)[C@H](O)[C@H]5O)cc(Cn5cc6cc[nH]c6c5)c4[C@H](O3)[C@H]21. The number of ether oxygens (including phenoxy) is 7. The maximum absolute atomic E-state index is 12.7. The van der Waals surface area contributed by atoms with Gasteiger partial charge in [-0.05, 0) is 41.6 Å². The largest absolute Gasteiger partial charge is 0.493 e. The summed E-state index contributed by atoms with van der Waals surface area (Å²) < 4.78 is 46.6. The third-order valence-electron chi connectivity index (χ3n) is 12.3. The number of nitrogens with one attached hydrogen (secondary N) is 2. The number of H-pyrrole nitrogens is 1. The highest BCUT2D eigenvalue weighted by molar-refractivity contribution is 5.90.